The van der Waals surface area contributed by atoms with Gasteiger partial charge in [0.2, 0.25) is 0 Å². The molecule has 1 atom stereocenters. The number of rotatable bonds is 14. The molecule has 0 saturated heterocycles. The first-order valence-electron chi connectivity index (χ1n) is 7.80. The number of alkyl halides is 2. The molecule has 2 heteroatoms. The minimum absolute atomic E-state index is 0.677. The summed E-state index contributed by atoms with van der Waals surface area (Å²) in [6.45, 7) is 3.88. The van der Waals surface area contributed by atoms with Gasteiger partial charge in [0.15, 0.2) is 0 Å². The van der Waals surface area contributed by atoms with E-state index in [1.165, 1.54) is 77.0 Å². The zero-order chi connectivity index (χ0) is 13.5. The van der Waals surface area contributed by atoms with Crippen LogP contribution in [0.15, 0.2) is 0 Å². The van der Waals surface area contributed by atoms with Crippen molar-refractivity contribution < 1.29 is 0 Å². The Morgan fingerprint density at radius 2 is 1.06 bits per heavy atom. The van der Waals surface area contributed by atoms with Crippen LogP contribution in [0.3, 0.4) is 0 Å². The van der Waals surface area contributed by atoms with Gasteiger partial charge in [-0.15, -0.1) is 0 Å². The zero-order valence-corrected chi connectivity index (χ0v) is 15.1. The van der Waals surface area contributed by atoms with Gasteiger partial charge in [0.05, 0.1) is 0 Å². The molecule has 0 aliphatic carbocycles. The van der Waals surface area contributed by atoms with Gasteiger partial charge in [-0.2, -0.15) is 0 Å². The van der Waals surface area contributed by atoms with Crippen LogP contribution >= 0.6 is 31.9 Å². The lowest BCUT2D eigenvalue weighted by atomic mass is 10.0. The Morgan fingerprint density at radius 3 is 1.44 bits per heavy atom. The summed E-state index contributed by atoms with van der Waals surface area (Å²) in [4.78, 5) is 0.677. The molecule has 109 valence electrons. The van der Waals surface area contributed by atoms with Crippen molar-refractivity contribution in [1.29, 1.82) is 0 Å². The summed E-state index contributed by atoms with van der Waals surface area (Å²) >= 11 is 7.15. The lowest BCUT2D eigenvalue weighted by Crippen LogP contribution is -1.97. The van der Waals surface area contributed by atoms with E-state index in [-0.39, 0.29) is 0 Å². The van der Waals surface area contributed by atoms with Crippen molar-refractivity contribution in [2.75, 3.05) is 5.33 Å². The van der Waals surface area contributed by atoms with Crippen molar-refractivity contribution in [1.82, 2.24) is 0 Å². The molecule has 0 amide bonds. The van der Waals surface area contributed by atoms with Crippen LogP contribution in [-0.4, -0.2) is 10.2 Å². The van der Waals surface area contributed by atoms with E-state index in [9.17, 15) is 0 Å². The zero-order valence-electron chi connectivity index (χ0n) is 11.9. The fourth-order valence-electron chi connectivity index (χ4n) is 2.21. The molecule has 0 heterocycles. The lowest BCUT2D eigenvalue weighted by Gasteiger charge is -2.05. The molecule has 0 N–H and O–H groups in total. The number of hydrogen-bond donors (Lipinski definition) is 0. The average Bonchev–Trinajstić information content (AvgIpc) is 2.39. The van der Waals surface area contributed by atoms with Gasteiger partial charge in [0.1, 0.15) is 0 Å². The molecule has 0 aliphatic rings. The summed E-state index contributed by atoms with van der Waals surface area (Å²) in [6.07, 6.45) is 18.0. The van der Waals surface area contributed by atoms with Crippen molar-refractivity contribution in [3.05, 3.63) is 6.92 Å². The van der Waals surface area contributed by atoms with Gasteiger partial charge in [-0.05, 0) is 6.42 Å². The number of hydrogen-bond acceptors (Lipinski definition) is 0. The SMILES string of the molecule is [CH2]CCCCCCCCCCCCCC(Br)CBr. The minimum Gasteiger partial charge on any atom is -0.0916 e. The molecule has 0 spiro atoms. The van der Waals surface area contributed by atoms with Crippen LogP contribution in [-0.2, 0) is 0 Å². The third-order valence-electron chi connectivity index (χ3n) is 3.43. The van der Waals surface area contributed by atoms with E-state index in [0.717, 1.165) is 11.8 Å². The summed E-state index contributed by atoms with van der Waals surface area (Å²) in [7, 11) is 0. The van der Waals surface area contributed by atoms with Gasteiger partial charge in [0.25, 0.3) is 0 Å². The fourth-order valence-corrected chi connectivity index (χ4v) is 2.86. The molecule has 0 bridgehead atoms. The molecule has 0 aromatic heterocycles. The van der Waals surface area contributed by atoms with Crippen LogP contribution in [0.5, 0.6) is 0 Å². The van der Waals surface area contributed by atoms with E-state index in [1.807, 2.05) is 0 Å². The van der Waals surface area contributed by atoms with Crippen LogP contribution < -0.4 is 0 Å². The first-order valence-corrected chi connectivity index (χ1v) is 9.84. The molecule has 0 saturated carbocycles. The Kier molecular flexibility index (Phi) is 16.9. The van der Waals surface area contributed by atoms with Gasteiger partial charge < -0.3 is 0 Å². The van der Waals surface area contributed by atoms with Crippen molar-refractivity contribution in [3.8, 4) is 0 Å². The van der Waals surface area contributed by atoms with E-state index in [0.29, 0.717) is 4.83 Å². The highest BCUT2D eigenvalue weighted by molar-refractivity contribution is 9.12. The first kappa shape index (κ1) is 19.0. The quantitative estimate of drug-likeness (QED) is 0.223. The van der Waals surface area contributed by atoms with E-state index in [1.54, 1.807) is 0 Å². The van der Waals surface area contributed by atoms with E-state index < -0.39 is 0 Å². The predicted octanol–water partition coefficient (Wildman–Crippen LogP) is 7.05. The summed E-state index contributed by atoms with van der Waals surface area (Å²) in [5.41, 5.74) is 0. The van der Waals surface area contributed by atoms with Crippen LogP contribution in [0.2, 0.25) is 0 Å². The van der Waals surface area contributed by atoms with E-state index in [2.05, 4.69) is 38.8 Å². The maximum absolute atomic E-state index is 3.88. The van der Waals surface area contributed by atoms with Gasteiger partial charge in [-0.1, -0.05) is 116 Å². The predicted molar refractivity (Wildman–Crippen MR) is 91.9 cm³/mol. The second-order valence-corrected chi connectivity index (χ2v) is 7.23. The monoisotopic (exact) mass is 381 g/mol. The third-order valence-corrected chi connectivity index (χ3v) is 5.87. The van der Waals surface area contributed by atoms with E-state index >= 15 is 0 Å². The summed E-state index contributed by atoms with van der Waals surface area (Å²) in [5.74, 6) is 0. The van der Waals surface area contributed by atoms with Gasteiger partial charge >= 0.3 is 0 Å². The third kappa shape index (κ3) is 15.0. The molecule has 0 nitrogen and oxygen atoms in total. The molecule has 0 rings (SSSR count). The molecule has 0 fully saturated rings. The molecule has 0 aromatic rings. The van der Waals surface area contributed by atoms with Gasteiger partial charge in [-0.3, -0.25) is 0 Å². The average molecular weight is 383 g/mol. The van der Waals surface area contributed by atoms with Crippen molar-refractivity contribution in [2.45, 2.75) is 88.3 Å². The summed E-state index contributed by atoms with van der Waals surface area (Å²) in [5, 5.41) is 1.08. The number of unbranched alkanes of at least 4 members (excludes halogenated alkanes) is 11. The molecule has 1 unspecified atom stereocenters. The normalized spacial score (nSPS) is 12.8. The smallest absolute Gasteiger partial charge is 0.0242 e. The minimum atomic E-state index is 0.677. The highest BCUT2D eigenvalue weighted by Gasteiger charge is 2.00. The summed E-state index contributed by atoms with van der Waals surface area (Å²) in [6, 6.07) is 0. The largest absolute Gasteiger partial charge is 0.0916 e. The standard InChI is InChI=1S/C16H31Br2/c1-2-3-4-5-6-7-8-9-10-11-12-13-14-16(18)15-17/h16H,1-15H2. The second-order valence-electron chi connectivity index (χ2n) is 5.28. The van der Waals surface area contributed by atoms with Crippen LogP contribution in [0.4, 0.5) is 0 Å². The van der Waals surface area contributed by atoms with Crippen LogP contribution in [0, 0.1) is 6.92 Å². The van der Waals surface area contributed by atoms with Crippen molar-refractivity contribution in [2.24, 2.45) is 0 Å². The summed E-state index contributed by atoms with van der Waals surface area (Å²) < 4.78 is 0. The molecule has 1 radical (unpaired) electrons. The Balaban J connectivity index is 2.94. The second kappa shape index (κ2) is 16.0. The molecular weight excluding hydrogens is 352 g/mol. The molecule has 0 aliphatic heterocycles. The fraction of sp³-hybridized carbons (Fsp3) is 0.938. The van der Waals surface area contributed by atoms with E-state index in [4.69, 9.17) is 0 Å². The molecular formula is C16H31Br2. The Bertz CT molecular complexity index is 148. The highest BCUT2D eigenvalue weighted by Crippen LogP contribution is 2.15. The van der Waals surface area contributed by atoms with Gasteiger partial charge in [0, 0.05) is 10.2 Å². The van der Waals surface area contributed by atoms with Crippen LogP contribution in [0.1, 0.15) is 83.5 Å². The maximum Gasteiger partial charge on any atom is 0.0242 e. The topological polar surface area (TPSA) is 0 Å². The Hall–Kier alpha value is 0.960. The molecule has 18 heavy (non-hydrogen) atoms. The highest BCUT2D eigenvalue weighted by atomic mass is 79.9. The first-order chi connectivity index (χ1) is 8.81. The van der Waals surface area contributed by atoms with Crippen LogP contribution in [0.25, 0.3) is 0 Å². The number of halogens is 2. The Morgan fingerprint density at radius 1 is 0.667 bits per heavy atom. The lowest BCUT2D eigenvalue weighted by molar-refractivity contribution is 0.542. The Labute approximate surface area is 132 Å². The van der Waals surface area contributed by atoms with Crippen molar-refractivity contribution in [3.63, 3.8) is 0 Å². The maximum atomic E-state index is 3.88. The van der Waals surface area contributed by atoms with Crippen molar-refractivity contribution >= 4 is 31.9 Å². The van der Waals surface area contributed by atoms with Gasteiger partial charge in [-0.25, -0.2) is 0 Å². The molecule has 0 aromatic carbocycles.